The van der Waals surface area contributed by atoms with Crippen LogP contribution in [0.3, 0.4) is 0 Å². The van der Waals surface area contributed by atoms with Gasteiger partial charge in [0.05, 0.1) is 5.02 Å². The summed E-state index contributed by atoms with van der Waals surface area (Å²) < 4.78 is 18.6. The molecular weight excluding hydrogens is 261 g/mol. The first kappa shape index (κ1) is 12.4. The maximum Gasteiger partial charge on any atom is 0.139 e. The molecule has 0 aliphatic rings. The minimum Gasteiger partial charge on any atom is -0.483 e. The number of benzene rings is 1. The van der Waals surface area contributed by atoms with Crippen molar-refractivity contribution in [1.29, 1.82) is 0 Å². The van der Waals surface area contributed by atoms with Crippen molar-refractivity contribution in [3.63, 3.8) is 0 Å². The van der Waals surface area contributed by atoms with Crippen LogP contribution in [-0.4, -0.2) is 6.54 Å². The summed E-state index contributed by atoms with van der Waals surface area (Å²) in [5.41, 5.74) is 6.65. The van der Waals surface area contributed by atoms with Gasteiger partial charge in [-0.05, 0) is 35.0 Å². The smallest absolute Gasteiger partial charge is 0.139 e. The number of ether oxygens (including phenoxy) is 1. The van der Waals surface area contributed by atoms with Gasteiger partial charge < -0.3 is 10.5 Å². The van der Waals surface area contributed by atoms with Gasteiger partial charge in [-0.15, -0.1) is 0 Å². The monoisotopic (exact) mass is 271 g/mol. The topological polar surface area (TPSA) is 35.2 Å². The Morgan fingerprint density at radius 1 is 1.41 bits per heavy atom. The second kappa shape index (κ2) is 5.49. The molecule has 0 aliphatic carbocycles. The van der Waals surface area contributed by atoms with Gasteiger partial charge in [-0.25, -0.2) is 4.39 Å². The Labute approximate surface area is 108 Å². The number of halogens is 2. The highest BCUT2D eigenvalue weighted by Crippen LogP contribution is 2.29. The number of thiophene rings is 1. The highest BCUT2D eigenvalue weighted by Gasteiger charge is 2.14. The molecule has 0 radical (unpaired) electrons. The van der Waals surface area contributed by atoms with Crippen LogP contribution in [0, 0.1) is 5.82 Å². The fourth-order valence-electron chi connectivity index (χ4n) is 1.43. The van der Waals surface area contributed by atoms with Crippen molar-refractivity contribution in [1.82, 2.24) is 0 Å². The lowest BCUT2D eigenvalue weighted by Crippen LogP contribution is -2.18. The van der Waals surface area contributed by atoms with Gasteiger partial charge in [0.1, 0.15) is 17.7 Å². The van der Waals surface area contributed by atoms with Crippen molar-refractivity contribution in [2.75, 3.05) is 6.54 Å². The molecule has 0 spiro atoms. The first-order chi connectivity index (χ1) is 8.20. The van der Waals surface area contributed by atoms with Gasteiger partial charge in [-0.1, -0.05) is 11.6 Å². The normalized spacial score (nSPS) is 12.4. The maximum atomic E-state index is 12.9. The fraction of sp³-hybridized carbons (Fsp3) is 0.167. The van der Waals surface area contributed by atoms with Gasteiger partial charge in [0.25, 0.3) is 0 Å². The molecular formula is C12H11ClFNOS. The lowest BCUT2D eigenvalue weighted by molar-refractivity contribution is 0.214. The van der Waals surface area contributed by atoms with E-state index in [4.69, 9.17) is 22.1 Å². The molecule has 1 aromatic heterocycles. The summed E-state index contributed by atoms with van der Waals surface area (Å²) in [4.78, 5) is 0. The van der Waals surface area contributed by atoms with E-state index in [0.717, 1.165) is 5.56 Å². The summed E-state index contributed by atoms with van der Waals surface area (Å²) in [5.74, 6) is 0.0527. The zero-order chi connectivity index (χ0) is 12.3. The Morgan fingerprint density at radius 2 is 2.24 bits per heavy atom. The third kappa shape index (κ3) is 2.97. The van der Waals surface area contributed by atoms with Crippen LogP contribution < -0.4 is 10.5 Å². The Bertz CT molecular complexity index is 489. The number of hydrogen-bond acceptors (Lipinski definition) is 3. The van der Waals surface area contributed by atoms with E-state index in [1.807, 2.05) is 16.8 Å². The number of hydrogen-bond donors (Lipinski definition) is 1. The lowest BCUT2D eigenvalue weighted by Gasteiger charge is -2.17. The van der Waals surface area contributed by atoms with Crippen LogP contribution in [0.2, 0.25) is 5.02 Å². The minimum atomic E-state index is -0.387. The van der Waals surface area contributed by atoms with Gasteiger partial charge in [0.2, 0.25) is 0 Å². The average molecular weight is 272 g/mol. The van der Waals surface area contributed by atoms with Gasteiger partial charge >= 0.3 is 0 Å². The average Bonchev–Trinajstić information content (AvgIpc) is 2.81. The van der Waals surface area contributed by atoms with Crippen LogP contribution in [0.1, 0.15) is 11.7 Å². The van der Waals surface area contributed by atoms with E-state index in [1.165, 1.54) is 18.2 Å². The number of nitrogens with two attached hydrogens (primary N) is 1. The van der Waals surface area contributed by atoms with Crippen molar-refractivity contribution in [2.45, 2.75) is 6.10 Å². The van der Waals surface area contributed by atoms with E-state index in [2.05, 4.69) is 0 Å². The molecule has 0 fully saturated rings. The molecule has 2 nitrogen and oxygen atoms in total. The fourth-order valence-corrected chi connectivity index (χ4v) is 2.35. The van der Waals surface area contributed by atoms with E-state index >= 15 is 0 Å². The van der Waals surface area contributed by atoms with Crippen molar-refractivity contribution >= 4 is 22.9 Å². The van der Waals surface area contributed by atoms with Crippen LogP contribution in [0.4, 0.5) is 4.39 Å². The van der Waals surface area contributed by atoms with E-state index in [-0.39, 0.29) is 16.9 Å². The van der Waals surface area contributed by atoms with Gasteiger partial charge in [-0.3, -0.25) is 0 Å². The zero-order valence-electron chi connectivity index (χ0n) is 8.90. The zero-order valence-corrected chi connectivity index (χ0v) is 10.5. The molecule has 1 aromatic carbocycles. The molecule has 0 saturated heterocycles. The molecule has 2 N–H and O–H groups in total. The second-order valence-corrected chi connectivity index (χ2v) is 4.66. The van der Waals surface area contributed by atoms with Gasteiger partial charge in [-0.2, -0.15) is 11.3 Å². The van der Waals surface area contributed by atoms with Crippen LogP contribution in [-0.2, 0) is 0 Å². The molecule has 1 unspecified atom stereocenters. The minimum absolute atomic E-state index is 0.249. The first-order valence-corrected chi connectivity index (χ1v) is 6.36. The Hall–Kier alpha value is -1.10. The standard InChI is InChI=1S/C12H11ClFNOS/c13-10-5-9(14)1-2-11(10)16-12(6-15)8-3-4-17-7-8/h1-5,7,12H,6,15H2. The summed E-state index contributed by atoms with van der Waals surface area (Å²) in [6.07, 6.45) is -0.260. The van der Waals surface area contributed by atoms with Crippen molar-refractivity contribution in [3.8, 4) is 5.75 Å². The van der Waals surface area contributed by atoms with Crippen molar-refractivity contribution in [3.05, 3.63) is 51.4 Å². The summed E-state index contributed by atoms with van der Waals surface area (Å²) in [7, 11) is 0. The first-order valence-electron chi connectivity index (χ1n) is 5.04. The van der Waals surface area contributed by atoms with Crippen molar-refractivity contribution in [2.24, 2.45) is 5.73 Å². The maximum absolute atomic E-state index is 12.9. The Morgan fingerprint density at radius 3 is 2.82 bits per heavy atom. The molecule has 17 heavy (non-hydrogen) atoms. The lowest BCUT2D eigenvalue weighted by atomic mass is 10.2. The molecule has 90 valence electrons. The molecule has 2 rings (SSSR count). The van der Waals surface area contributed by atoms with Crippen LogP contribution >= 0.6 is 22.9 Å². The molecule has 2 aromatic rings. The van der Waals surface area contributed by atoms with Crippen LogP contribution in [0.5, 0.6) is 5.75 Å². The Balaban J connectivity index is 2.19. The van der Waals surface area contributed by atoms with Crippen LogP contribution in [0.15, 0.2) is 35.0 Å². The van der Waals surface area contributed by atoms with E-state index in [1.54, 1.807) is 11.3 Å². The molecule has 0 bridgehead atoms. The third-order valence-electron chi connectivity index (χ3n) is 2.29. The van der Waals surface area contributed by atoms with Gasteiger partial charge in [0, 0.05) is 12.1 Å². The molecule has 1 atom stereocenters. The summed E-state index contributed by atoms with van der Waals surface area (Å²) in [6.45, 7) is 0.338. The summed E-state index contributed by atoms with van der Waals surface area (Å²) >= 11 is 7.46. The number of rotatable bonds is 4. The van der Waals surface area contributed by atoms with Crippen LogP contribution in [0.25, 0.3) is 0 Å². The molecule has 0 amide bonds. The van der Waals surface area contributed by atoms with E-state index < -0.39 is 0 Å². The van der Waals surface area contributed by atoms with Crippen molar-refractivity contribution < 1.29 is 9.13 Å². The second-order valence-electron chi connectivity index (χ2n) is 3.47. The largest absolute Gasteiger partial charge is 0.483 e. The molecule has 0 aliphatic heterocycles. The molecule has 1 heterocycles. The van der Waals surface area contributed by atoms with E-state index in [9.17, 15) is 4.39 Å². The summed E-state index contributed by atoms with van der Waals surface area (Å²) in [6, 6.07) is 5.98. The molecule has 0 saturated carbocycles. The predicted molar refractivity (Wildman–Crippen MR) is 68.2 cm³/mol. The Kier molecular flexibility index (Phi) is 3.99. The predicted octanol–water partition coefficient (Wildman–Crippen LogP) is 3.62. The molecule has 5 heteroatoms. The van der Waals surface area contributed by atoms with Gasteiger partial charge in [0.15, 0.2) is 0 Å². The SMILES string of the molecule is NCC(Oc1ccc(F)cc1Cl)c1ccsc1. The third-order valence-corrected chi connectivity index (χ3v) is 3.29. The highest BCUT2D eigenvalue weighted by atomic mass is 35.5. The highest BCUT2D eigenvalue weighted by molar-refractivity contribution is 7.07. The summed E-state index contributed by atoms with van der Waals surface area (Å²) in [5, 5.41) is 4.17. The van der Waals surface area contributed by atoms with E-state index in [0.29, 0.717) is 12.3 Å². The quantitative estimate of drug-likeness (QED) is 0.922.